The van der Waals surface area contributed by atoms with Crippen molar-refractivity contribution < 1.29 is 19.1 Å². The second-order valence-electron chi connectivity index (χ2n) is 7.08. The number of rotatable bonds is 7. The molecule has 1 aliphatic rings. The predicted molar refractivity (Wildman–Crippen MR) is 122 cm³/mol. The van der Waals surface area contributed by atoms with Gasteiger partial charge < -0.3 is 15.4 Å². The maximum atomic E-state index is 12.8. The fraction of sp³-hybridized carbons (Fsp3) is 0.250. The number of methoxy groups -OCH3 is 1. The number of nitrogens with one attached hydrogen (secondary N) is 2. The number of carbonyl (C=O) groups excluding carboxylic acids is 3. The molecule has 0 bridgehead atoms. The van der Waals surface area contributed by atoms with Gasteiger partial charge in [-0.3, -0.25) is 14.4 Å². The lowest BCUT2D eigenvalue weighted by atomic mass is 9.78. The minimum atomic E-state index is -1.19. The molecule has 0 radical (unpaired) electrons. The highest BCUT2D eigenvalue weighted by atomic mass is 32.2. The van der Waals surface area contributed by atoms with Crippen LogP contribution < -0.4 is 10.6 Å². The van der Waals surface area contributed by atoms with Crippen molar-refractivity contribution in [1.82, 2.24) is 5.32 Å². The van der Waals surface area contributed by atoms with Gasteiger partial charge in [0.05, 0.1) is 29.5 Å². The summed E-state index contributed by atoms with van der Waals surface area (Å²) in [5.41, 5.74) is 2.61. The van der Waals surface area contributed by atoms with Crippen LogP contribution in [-0.4, -0.2) is 30.6 Å². The molecule has 7 nitrogen and oxygen atoms in total. The molecule has 1 aliphatic heterocycles. The summed E-state index contributed by atoms with van der Waals surface area (Å²) in [6.07, 6.45) is 0.775. The van der Waals surface area contributed by atoms with Crippen molar-refractivity contribution in [2.75, 3.05) is 18.2 Å². The van der Waals surface area contributed by atoms with E-state index in [2.05, 4.69) is 16.7 Å². The van der Waals surface area contributed by atoms with E-state index in [0.717, 1.165) is 29.4 Å². The summed E-state index contributed by atoms with van der Waals surface area (Å²) in [6.45, 7) is 2.00. The summed E-state index contributed by atoms with van der Waals surface area (Å²) in [6, 6.07) is 18.5. The summed E-state index contributed by atoms with van der Waals surface area (Å²) in [5.74, 6) is -3.55. The first-order chi connectivity index (χ1) is 15.5. The number of hydrogen-bond acceptors (Lipinski definition) is 6. The third-order valence-electron chi connectivity index (χ3n) is 5.16. The van der Waals surface area contributed by atoms with E-state index in [1.807, 2.05) is 37.3 Å². The second kappa shape index (κ2) is 10.6. The van der Waals surface area contributed by atoms with Gasteiger partial charge in [-0.25, -0.2) is 0 Å². The number of aryl methyl sites for hydroxylation is 1. The van der Waals surface area contributed by atoms with Crippen molar-refractivity contribution in [2.45, 2.75) is 19.3 Å². The summed E-state index contributed by atoms with van der Waals surface area (Å²) in [4.78, 5) is 37.7. The number of benzene rings is 2. The Balaban J connectivity index is 1.86. The van der Waals surface area contributed by atoms with E-state index < -0.39 is 23.7 Å². The number of hydrogen-bond donors (Lipinski definition) is 2. The molecule has 0 saturated carbocycles. The van der Waals surface area contributed by atoms with Crippen LogP contribution in [0.5, 0.6) is 0 Å². The molecule has 0 spiro atoms. The number of nitriles is 1. The molecule has 32 heavy (non-hydrogen) atoms. The van der Waals surface area contributed by atoms with Crippen LogP contribution in [0.4, 0.5) is 5.69 Å². The zero-order valence-electron chi connectivity index (χ0n) is 17.8. The number of carbonyl (C=O) groups is 3. The summed E-state index contributed by atoms with van der Waals surface area (Å²) < 4.78 is 4.82. The third kappa shape index (κ3) is 5.01. The lowest BCUT2D eigenvalue weighted by molar-refractivity contribution is -0.150. The SMILES string of the molecule is CCc1ccccc1NC(=O)CSC1=C(C#N)[C@H](c2ccccc2)[C@@H](C(=O)OC)C(=O)N1. The second-order valence-corrected chi connectivity index (χ2v) is 8.07. The maximum absolute atomic E-state index is 12.8. The van der Waals surface area contributed by atoms with Gasteiger partial charge in [-0.2, -0.15) is 5.26 Å². The van der Waals surface area contributed by atoms with Crippen LogP contribution in [0.2, 0.25) is 0 Å². The van der Waals surface area contributed by atoms with Gasteiger partial charge >= 0.3 is 5.97 Å². The van der Waals surface area contributed by atoms with Crippen molar-refractivity contribution in [1.29, 1.82) is 5.26 Å². The Hall–Kier alpha value is -3.57. The van der Waals surface area contributed by atoms with Crippen molar-refractivity contribution in [3.05, 3.63) is 76.3 Å². The van der Waals surface area contributed by atoms with Crippen LogP contribution in [0.25, 0.3) is 0 Å². The molecular weight excluding hydrogens is 426 g/mol. The van der Waals surface area contributed by atoms with E-state index in [1.54, 1.807) is 24.3 Å². The highest BCUT2D eigenvalue weighted by molar-refractivity contribution is 8.03. The van der Waals surface area contributed by atoms with Crippen LogP contribution >= 0.6 is 11.8 Å². The van der Waals surface area contributed by atoms with Crippen LogP contribution in [0.3, 0.4) is 0 Å². The van der Waals surface area contributed by atoms with E-state index in [4.69, 9.17) is 4.74 Å². The lowest BCUT2D eigenvalue weighted by Gasteiger charge is -2.30. The first-order valence-electron chi connectivity index (χ1n) is 10.1. The number of anilines is 1. The van der Waals surface area contributed by atoms with E-state index in [9.17, 15) is 19.6 Å². The topological polar surface area (TPSA) is 108 Å². The Kier molecular flexibility index (Phi) is 7.68. The summed E-state index contributed by atoms with van der Waals surface area (Å²) in [5, 5.41) is 15.7. The zero-order chi connectivity index (χ0) is 23.1. The molecule has 3 rings (SSSR count). The van der Waals surface area contributed by atoms with Crippen molar-refractivity contribution in [3.8, 4) is 6.07 Å². The normalized spacial score (nSPS) is 17.8. The van der Waals surface area contributed by atoms with Gasteiger partial charge in [0, 0.05) is 11.6 Å². The fourth-order valence-corrected chi connectivity index (χ4v) is 4.46. The third-order valence-corrected chi connectivity index (χ3v) is 6.18. The Morgan fingerprint density at radius 3 is 2.50 bits per heavy atom. The average molecular weight is 450 g/mol. The van der Waals surface area contributed by atoms with Gasteiger partial charge in [-0.1, -0.05) is 67.2 Å². The quantitative estimate of drug-likeness (QED) is 0.496. The number of nitrogens with zero attached hydrogens (tertiary/aromatic N) is 1. The maximum Gasteiger partial charge on any atom is 0.319 e. The molecule has 2 atom stereocenters. The standard InChI is InChI=1S/C24H23N3O4S/c1-3-15-9-7-8-12-18(15)26-19(28)14-32-23-17(13-25)20(16-10-5-4-6-11-16)21(22(29)27-23)24(30)31-2/h4-12,20-21H,3,14H2,1-2H3,(H,26,28)(H,27,29)/t20-,21+/m0/s1. The van der Waals surface area contributed by atoms with Gasteiger partial charge in [0.1, 0.15) is 5.92 Å². The van der Waals surface area contributed by atoms with Gasteiger partial charge in [-0.05, 0) is 23.6 Å². The molecule has 1 heterocycles. The van der Waals surface area contributed by atoms with Crippen molar-refractivity contribution in [2.24, 2.45) is 5.92 Å². The number of esters is 1. The number of allylic oxidation sites excluding steroid dienone is 1. The minimum Gasteiger partial charge on any atom is -0.468 e. The summed E-state index contributed by atoms with van der Waals surface area (Å²) in [7, 11) is 1.20. The monoisotopic (exact) mass is 449 g/mol. The minimum absolute atomic E-state index is 0.0107. The Labute approximate surface area is 190 Å². The van der Waals surface area contributed by atoms with Crippen LogP contribution in [0.15, 0.2) is 65.2 Å². The average Bonchev–Trinajstić information content (AvgIpc) is 2.82. The molecule has 0 saturated heterocycles. The molecule has 164 valence electrons. The van der Waals surface area contributed by atoms with E-state index in [-0.39, 0.29) is 22.3 Å². The lowest BCUT2D eigenvalue weighted by Crippen LogP contribution is -2.44. The van der Waals surface area contributed by atoms with Crippen LogP contribution in [0.1, 0.15) is 24.0 Å². The molecule has 0 unspecified atom stereocenters. The predicted octanol–water partition coefficient (Wildman–Crippen LogP) is 3.36. The molecule has 2 aromatic rings. The molecule has 2 amide bonds. The Bertz CT molecular complexity index is 1090. The van der Waals surface area contributed by atoms with Crippen molar-refractivity contribution in [3.63, 3.8) is 0 Å². The largest absolute Gasteiger partial charge is 0.468 e. The van der Waals surface area contributed by atoms with E-state index >= 15 is 0 Å². The zero-order valence-corrected chi connectivity index (χ0v) is 18.6. The van der Waals surface area contributed by atoms with Gasteiger partial charge in [0.25, 0.3) is 0 Å². The van der Waals surface area contributed by atoms with Crippen LogP contribution in [0, 0.1) is 17.2 Å². The molecule has 0 fully saturated rings. The molecule has 0 aliphatic carbocycles. The molecule has 2 N–H and O–H groups in total. The number of para-hydroxylation sites is 1. The number of amides is 2. The van der Waals surface area contributed by atoms with Gasteiger partial charge in [0.2, 0.25) is 11.8 Å². The Morgan fingerprint density at radius 1 is 1.16 bits per heavy atom. The number of thioether (sulfide) groups is 1. The molecule has 0 aromatic heterocycles. The highest BCUT2D eigenvalue weighted by Crippen LogP contribution is 2.40. The molecular formula is C24H23N3O4S. The summed E-state index contributed by atoms with van der Waals surface area (Å²) >= 11 is 1.06. The van der Waals surface area contributed by atoms with Gasteiger partial charge in [0.15, 0.2) is 0 Å². The van der Waals surface area contributed by atoms with E-state index in [0.29, 0.717) is 5.56 Å². The highest BCUT2D eigenvalue weighted by Gasteiger charge is 2.44. The molecule has 2 aromatic carbocycles. The Morgan fingerprint density at radius 2 is 1.84 bits per heavy atom. The number of ether oxygens (including phenoxy) is 1. The van der Waals surface area contributed by atoms with Crippen molar-refractivity contribution >= 4 is 35.2 Å². The van der Waals surface area contributed by atoms with Crippen LogP contribution in [-0.2, 0) is 25.5 Å². The van der Waals surface area contributed by atoms with Gasteiger partial charge in [-0.15, -0.1) is 0 Å². The van der Waals surface area contributed by atoms with E-state index in [1.165, 1.54) is 7.11 Å². The first-order valence-corrected chi connectivity index (χ1v) is 11.1. The molecule has 8 heteroatoms. The first kappa shape index (κ1) is 23.1. The fourth-order valence-electron chi connectivity index (χ4n) is 3.61. The smallest absolute Gasteiger partial charge is 0.319 e.